The molecule has 0 unspecified atom stereocenters. The molecule has 7 heteroatoms. The lowest BCUT2D eigenvalue weighted by atomic mass is 10.2. The molecule has 1 aromatic heterocycles. The van der Waals surface area contributed by atoms with Crippen LogP contribution in [0.2, 0.25) is 0 Å². The highest BCUT2D eigenvalue weighted by molar-refractivity contribution is 9.10. The summed E-state index contributed by atoms with van der Waals surface area (Å²) < 4.78 is 14.0. The Morgan fingerprint density at radius 3 is 3.00 bits per heavy atom. The van der Waals surface area contributed by atoms with Crippen LogP contribution in [0.25, 0.3) is 0 Å². The molecule has 0 atom stereocenters. The van der Waals surface area contributed by atoms with Crippen molar-refractivity contribution in [2.75, 3.05) is 11.2 Å². The second kappa shape index (κ2) is 5.24. The van der Waals surface area contributed by atoms with Crippen molar-refractivity contribution >= 4 is 44.4 Å². The Kier molecular flexibility index (Phi) is 3.70. The van der Waals surface area contributed by atoms with Crippen molar-refractivity contribution in [1.82, 2.24) is 4.98 Å². The molecule has 0 aliphatic carbocycles. The van der Waals surface area contributed by atoms with E-state index in [1.54, 1.807) is 17.5 Å². The minimum absolute atomic E-state index is 0.344. The third-order valence-electron chi connectivity index (χ3n) is 1.88. The molecular weight excluding hydrogens is 307 g/mol. The number of halogens is 2. The van der Waals surface area contributed by atoms with Gasteiger partial charge in [-0.25, -0.2) is 9.37 Å². The molecule has 2 aromatic rings. The molecular formula is C10H8BrFN4S. The van der Waals surface area contributed by atoms with Crippen LogP contribution in [0.4, 0.5) is 15.3 Å². The van der Waals surface area contributed by atoms with E-state index in [9.17, 15) is 4.39 Å². The largest absolute Gasteiger partial charge is 0.383 e. The molecule has 0 fully saturated rings. The van der Waals surface area contributed by atoms with Gasteiger partial charge in [0.05, 0.1) is 6.21 Å². The molecule has 1 heterocycles. The van der Waals surface area contributed by atoms with Crippen LogP contribution in [-0.4, -0.2) is 11.2 Å². The third-order valence-corrected chi connectivity index (χ3v) is 3.33. The Morgan fingerprint density at radius 1 is 1.53 bits per heavy atom. The Hall–Kier alpha value is -1.47. The van der Waals surface area contributed by atoms with Gasteiger partial charge in [0.1, 0.15) is 11.6 Å². The van der Waals surface area contributed by atoms with Crippen molar-refractivity contribution in [1.29, 1.82) is 0 Å². The predicted octanol–water partition coefficient (Wildman–Crippen LogP) is 3.07. The lowest BCUT2D eigenvalue weighted by Crippen LogP contribution is -1.94. The van der Waals surface area contributed by atoms with Crippen molar-refractivity contribution in [3.8, 4) is 0 Å². The van der Waals surface area contributed by atoms with Crippen LogP contribution in [-0.2, 0) is 0 Å². The standard InChI is InChI=1S/C10H8BrFN4S/c11-7-2-1-3-8(12)6(7)4-14-16-10-15-9(13)5-17-10/h1-5H,13H2,(H,15,16). The number of benzene rings is 1. The molecule has 0 saturated carbocycles. The summed E-state index contributed by atoms with van der Waals surface area (Å²) in [7, 11) is 0. The number of nitrogens with zero attached hydrogens (tertiary/aromatic N) is 2. The van der Waals surface area contributed by atoms with E-state index in [1.807, 2.05) is 0 Å². The summed E-state index contributed by atoms with van der Waals surface area (Å²) in [4.78, 5) is 3.95. The first-order chi connectivity index (χ1) is 8.16. The van der Waals surface area contributed by atoms with Crippen LogP contribution < -0.4 is 11.2 Å². The van der Waals surface area contributed by atoms with E-state index in [0.717, 1.165) is 0 Å². The predicted molar refractivity (Wildman–Crippen MR) is 71.8 cm³/mol. The van der Waals surface area contributed by atoms with Gasteiger partial charge in [0, 0.05) is 15.4 Å². The number of hydrogen-bond donors (Lipinski definition) is 2. The topological polar surface area (TPSA) is 63.3 Å². The van der Waals surface area contributed by atoms with Crippen LogP contribution in [0, 0.1) is 5.82 Å². The average Bonchev–Trinajstić information content (AvgIpc) is 2.69. The number of nitrogens with one attached hydrogen (secondary N) is 1. The number of hydrogen-bond acceptors (Lipinski definition) is 5. The monoisotopic (exact) mass is 314 g/mol. The van der Waals surface area contributed by atoms with Gasteiger partial charge in [-0.15, -0.1) is 11.3 Å². The second-order valence-electron chi connectivity index (χ2n) is 3.08. The molecule has 0 aliphatic heterocycles. The maximum Gasteiger partial charge on any atom is 0.205 e. The first kappa shape index (κ1) is 12.0. The molecule has 0 radical (unpaired) electrons. The number of anilines is 2. The van der Waals surface area contributed by atoms with Crippen LogP contribution in [0.1, 0.15) is 5.56 Å². The molecule has 0 saturated heterocycles. The smallest absolute Gasteiger partial charge is 0.205 e. The highest BCUT2D eigenvalue weighted by Crippen LogP contribution is 2.18. The maximum atomic E-state index is 13.4. The minimum atomic E-state index is -0.344. The van der Waals surface area contributed by atoms with Crippen molar-refractivity contribution in [3.05, 3.63) is 39.4 Å². The normalized spacial score (nSPS) is 10.9. The van der Waals surface area contributed by atoms with Crippen molar-refractivity contribution in [2.24, 2.45) is 5.10 Å². The van der Waals surface area contributed by atoms with E-state index in [0.29, 0.717) is 21.0 Å². The molecule has 0 spiro atoms. The van der Waals surface area contributed by atoms with Gasteiger partial charge >= 0.3 is 0 Å². The van der Waals surface area contributed by atoms with Gasteiger partial charge in [0.15, 0.2) is 0 Å². The summed E-state index contributed by atoms with van der Waals surface area (Å²) in [5, 5.41) is 6.15. The fourth-order valence-electron chi connectivity index (χ4n) is 1.12. The molecule has 4 nitrogen and oxygen atoms in total. The fraction of sp³-hybridized carbons (Fsp3) is 0. The molecule has 88 valence electrons. The Balaban J connectivity index is 2.10. The number of nitrogens with two attached hydrogens (primary N) is 1. The lowest BCUT2D eigenvalue weighted by molar-refractivity contribution is 0.625. The zero-order chi connectivity index (χ0) is 12.3. The van der Waals surface area contributed by atoms with Gasteiger partial charge in [-0.3, -0.25) is 5.43 Å². The lowest BCUT2D eigenvalue weighted by Gasteiger charge is -1.99. The van der Waals surface area contributed by atoms with Crippen LogP contribution in [0.3, 0.4) is 0 Å². The summed E-state index contributed by atoms with van der Waals surface area (Å²) in [6, 6.07) is 4.73. The molecule has 17 heavy (non-hydrogen) atoms. The number of aromatic nitrogens is 1. The Morgan fingerprint density at radius 2 is 2.35 bits per heavy atom. The van der Waals surface area contributed by atoms with E-state index >= 15 is 0 Å². The molecule has 0 bridgehead atoms. The first-order valence-electron chi connectivity index (χ1n) is 4.61. The van der Waals surface area contributed by atoms with E-state index in [2.05, 4.69) is 31.4 Å². The zero-order valence-corrected chi connectivity index (χ0v) is 10.9. The molecule has 2 rings (SSSR count). The molecule has 1 aromatic carbocycles. The van der Waals surface area contributed by atoms with Gasteiger partial charge in [0.25, 0.3) is 0 Å². The number of hydrazone groups is 1. The highest BCUT2D eigenvalue weighted by Gasteiger charge is 2.03. The summed E-state index contributed by atoms with van der Waals surface area (Å²) in [6.45, 7) is 0. The van der Waals surface area contributed by atoms with Crippen molar-refractivity contribution in [3.63, 3.8) is 0 Å². The maximum absolute atomic E-state index is 13.4. The van der Waals surface area contributed by atoms with E-state index in [4.69, 9.17) is 5.73 Å². The highest BCUT2D eigenvalue weighted by atomic mass is 79.9. The first-order valence-corrected chi connectivity index (χ1v) is 6.28. The molecule has 0 aliphatic rings. The number of thiazole rings is 1. The van der Waals surface area contributed by atoms with Crippen LogP contribution >= 0.6 is 27.3 Å². The van der Waals surface area contributed by atoms with Gasteiger partial charge in [-0.05, 0) is 12.1 Å². The van der Waals surface area contributed by atoms with Crippen molar-refractivity contribution < 1.29 is 4.39 Å². The molecule has 3 N–H and O–H groups in total. The van der Waals surface area contributed by atoms with Gasteiger partial charge in [-0.1, -0.05) is 22.0 Å². The van der Waals surface area contributed by atoms with E-state index in [1.165, 1.54) is 23.6 Å². The quantitative estimate of drug-likeness (QED) is 0.676. The molecule has 0 amide bonds. The summed E-state index contributed by atoms with van der Waals surface area (Å²) in [5.74, 6) is 0.0864. The summed E-state index contributed by atoms with van der Waals surface area (Å²) in [6.07, 6.45) is 1.39. The fourth-order valence-corrected chi connectivity index (χ4v) is 2.12. The van der Waals surface area contributed by atoms with Gasteiger partial charge in [-0.2, -0.15) is 5.10 Å². The average molecular weight is 315 g/mol. The summed E-state index contributed by atoms with van der Waals surface area (Å²) >= 11 is 4.57. The van der Waals surface area contributed by atoms with Crippen LogP contribution in [0.5, 0.6) is 0 Å². The van der Waals surface area contributed by atoms with E-state index in [-0.39, 0.29) is 5.82 Å². The number of nitrogen functional groups attached to an aromatic ring is 1. The zero-order valence-electron chi connectivity index (χ0n) is 8.52. The van der Waals surface area contributed by atoms with Crippen molar-refractivity contribution in [2.45, 2.75) is 0 Å². The van der Waals surface area contributed by atoms with Gasteiger partial charge < -0.3 is 5.73 Å². The van der Waals surface area contributed by atoms with Crippen LogP contribution in [0.15, 0.2) is 33.2 Å². The third kappa shape index (κ3) is 3.01. The SMILES string of the molecule is Nc1csc(NN=Cc2c(F)cccc2Br)n1. The number of rotatable bonds is 3. The van der Waals surface area contributed by atoms with Gasteiger partial charge in [0.2, 0.25) is 5.13 Å². The minimum Gasteiger partial charge on any atom is -0.383 e. The van der Waals surface area contributed by atoms with E-state index < -0.39 is 0 Å². The Bertz CT molecular complexity index is 535. The summed E-state index contributed by atoms with van der Waals surface area (Å²) in [5.41, 5.74) is 8.51. The Labute approximate surface area is 110 Å². The second-order valence-corrected chi connectivity index (χ2v) is 4.80.